The van der Waals surface area contributed by atoms with Gasteiger partial charge in [0.15, 0.2) is 5.78 Å². The van der Waals surface area contributed by atoms with Gasteiger partial charge in [0.1, 0.15) is 6.42 Å². The SMILES string of the molecule is CCO/C=C(\CC)C(=O)CC(=O)OCC. The predicted octanol–water partition coefficient (Wildman–Crippen LogP) is 1.84. The summed E-state index contributed by atoms with van der Waals surface area (Å²) in [7, 11) is 0. The lowest BCUT2D eigenvalue weighted by atomic mass is 10.1. The molecule has 15 heavy (non-hydrogen) atoms. The van der Waals surface area contributed by atoms with E-state index in [-0.39, 0.29) is 12.2 Å². The molecule has 0 atom stereocenters. The summed E-state index contributed by atoms with van der Waals surface area (Å²) in [6, 6.07) is 0. The van der Waals surface area contributed by atoms with Gasteiger partial charge in [-0.25, -0.2) is 0 Å². The van der Waals surface area contributed by atoms with Gasteiger partial charge >= 0.3 is 5.97 Å². The van der Waals surface area contributed by atoms with E-state index in [2.05, 4.69) is 4.74 Å². The van der Waals surface area contributed by atoms with Gasteiger partial charge in [0.05, 0.1) is 19.5 Å². The summed E-state index contributed by atoms with van der Waals surface area (Å²) < 4.78 is 9.70. The lowest BCUT2D eigenvalue weighted by Gasteiger charge is -2.04. The molecule has 0 aromatic rings. The maximum absolute atomic E-state index is 11.5. The Bertz CT molecular complexity index is 243. The van der Waals surface area contributed by atoms with E-state index in [4.69, 9.17) is 4.74 Å². The first-order valence-corrected chi connectivity index (χ1v) is 5.15. The standard InChI is InChI=1S/C11H18O4/c1-4-9(8-14-5-2)10(12)7-11(13)15-6-3/h8H,4-7H2,1-3H3/b9-8+. The van der Waals surface area contributed by atoms with Crippen molar-refractivity contribution in [2.24, 2.45) is 0 Å². The van der Waals surface area contributed by atoms with Gasteiger partial charge in [-0.2, -0.15) is 0 Å². The van der Waals surface area contributed by atoms with E-state index in [9.17, 15) is 9.59 Å². The molecule has 4 nitrogen and oxygen atoms in total. The van der Waals surface area contributed by atoms with Gasteiger partial charge in [-0.3, -0.25) is 9.59 Å². The molecule has 0 aromatic heterocycles. The number of Topliss-reactive ketones (excluding diaryl/α,β-unsaturated/α-hetero) is 1. The number of carbonyl (C=O) groups is 2. The topological polar surface area (TPSA) is 52.6 Å². The molecule has 0 fully saturated rings. The van der Waals surface area contributed by atoms with Gasteiger partial charge in [-0.1, -0.05) is 6.92 Å². The van der Waals surface area contributed by atoms with E-state index in [0.29, 0.717) is 25.2 Å². The van der Waals surface area contributed by atoms with Crippen molar-refractivity contribution in [1.82, 2.24) is 0 Å². The average molecular weight is 214 g/mol. The van der Waals surface area contributed by atoms with Crippen LogP contribution in [0.15, 0.2) is 11.8 Å². The van der Waals surface area contributed by atoms with Crippen molar-refractivity contribution >= 4 is 11.8 Å². The van der Waals surface area contributed by atoms with Crippen LogP contribution < -0.4 is 0 Å². The first kappa shape index (κ1) is 13.7. The monoisotopic (exact) mass is 214 g/mol. The maximum Gasteiger partial charge on any atom is 0.313 e. The van der Waals surface area contributed by atoms with Crippen LogP contribution in [0.4, 0.5) is 0 Å². The van der Waals surface area contributed by atoms with Gasteiger partial charge in [0, 0.05) is 5.57 Å². The Morgan fingerprint density at radius 1 is 1.13 bits per heavy atom. The molecule has 0 saturated heterocycles. The molecular formula is C11H18O4. The van der Waals surface area contributed by atoms with Gasteiger partial charge in [0.2, 0.25) is 0 Å². The highest BCUT2D eigenvalue weighted by molar-refractivity contribution is 6.05. The fourth-order valence-electron chi connectivity index (χ4n) is 0.987. The molecule has 0 aliphatic carbocycles. The number of hydrogen-bond donors (Lipinski definition) is 0. The lowest BCUT2D eigenvalue weighted by molar-refractivity contribution is -0.145. The first-order valence-electron chi connectivity index (χ1n) is 5.15. The second-order valence-corrected chi connectivity index (χ2v) is 2.86. The van der Waals surface area contributed by atoms with Gasteiger partial charge in [0.25, 0.3) is 0 Å². The summed E-state index contributed by atoms with van der Waals surface area (Å²) in [5.41, 5.74) is 0.518. The second kappa shape index (κ2) is 8.03. The van der Waals surface area contributed by atoms with Crippen LogP contribution in [0.5, 0.6) is 0 Å². The number of esters is 1. The van der Waals surface area contributed by atoms with Crippen LogP contribution in [-0.2, 0) is 19.1 Å². The summed E-state index contributed by atoms with van der Waals surface area (Å²) in [5.74, 6) is -0.720. The average Bonchev–Trinajstić information content (AvgIpc) is 2.19. The van der Waals surface area contributed by atoms with Crippen LogP contribution in [0.3, 0.4) is 0 Å². The minimum Gasteiger partial charge on any atom is -0.501 e. The van der Waals surface area contributed by atoms with E-state index in [0.717, 1.165) is 0 Å². The van der Waals surface area contributed by atoms with E-state index in [1.165, 1.54) is 6.26 Å². The fraction of sp³-hybridized carbons (Fsp3) is 0.636. The Kier molecular flexibility index (Phi) is 7.32. The summed E-state index contributed by atoms with van der Waals surface area (Å²) >= 11 is 0. The normalized spacial score (nSPS) is 11.0. The van der Waals surface area contributed by atoms with Gasteiger partial charge < -0.3 is 9.47 Å². The molecule has 0 bridgehead atoms. The van der Waals surface area contributed by atoms with Crippen LogP contribution in [0.1, 0.15) is 33.6 Å². The first-order chi connectivity index (χ1) is 7.15. The Hall–Kier alpha value is -1.32. The highest BCUT2D eigenvalue weighted by Gasteiger charge is 2.14. The molecule has 0 unspecified atom stereocenters. The molecule has 0 heterocycles. The number of ether oxygens (including phenoxy) is 2. The molecule has 86 valence electrons. The quantitative estimate of drug-likeness (QED) is 0.281. The summed E-state index contributed by atoms with van der Waals surface area (Å²) in [6.07, 6.45) is 1.76. The second-order valence-electron chi connectivity index (χ2n) is 2.86. The highest BCUT2D eigenvalue weighted by atomic mass is 16.5. The minimum atomic E-state index is -0.488. The van der Waals surface area contributed by atoms with Crippen molar-refractivity contribution in [3.63, 3.8) is 0 Å². The molecule has 0 saturated carbocycles. The highest BCUT2D eigenvalue weighted by Crippen LogP contribution is 2.06. The third kappa shape index (κ3) is 5.88. The number of rotatable bonds is 7. The smallest absolute Gasteiger partial charge is 0.313 e. The molecule has 0 aliphatic heterocycles. The Morgan fingerprint density at radius 2 is 1.80 bits per heavy atom. The Labute approximate surface area is 90.2 Å². The van der Waals surface area contributed by atoms with E-state index < -0.39 is 5.97 Å². The van der Waals surface area contributed by atoms with Crippen LogP contribution >= 0.6 is 0 Å². The number of carbonyl (C=O) groups excluding carboxylic acids is 2. The summed E-state index contributed by atoms with van der Waals surface area (Å²) in [5, 5.41) is 0. The zero-order chi connectivity index (χ0) is 11.7. The van der Waals surface area contributed by atoms with Crippen molar-refractivity contribution < 1.29 is 19.1 Å². The fourth-order valence-corrected chi connectivity index (χ4v) is 0.987. The molecule has 0 N–H and O–H groups in total. The number of allylic oxidation sites excluding steroid dienone is 1. The number of ketones is 1. The molecule has 0 aromatic carbocycles. The Balaban J connectivity index is 4.21. The van der Waals surface area contributed by atoms with Crippen LogP contribution in [0, 0.1) is 0 Å². The van der Waals surface area contributed by atoms with Crippen LogP contribution in [0.2, 0.25) is 0 Å². The van der Waals surface area contributed by atoms with Crippen molar-refractivity contribution in [2.75, 3.05) is 13.2 Å². The Morgan fingerprint density at radius 3 is 2.27 bits per heavy atom. The van der Waals surface area contributed by atoms with Crippen LogP contribution in [0.25, 0.3) is 0 Å². The van der Waals surface area contributed by atoms with Crippen molar-refractivity contribution in [1.29, 1.82) is 0 Å². The molecule has 0 radical (unpaired) electrons. The zero-order valence-corrected chi connectivity index (χ0v) is 9.54. The van der Waals surface area contributed by atoms with Crippen molar-refractivity contribution in [2.45, 2.75) is 33.6 Å². The van der Waals surface area contributed by atoms with Crippen molar-refractivity contribution in [3.05, 3.63) is 11.8 Å². The molecule has 0 aliphatic rings. The van der Waals surface area contributed by atoms with E-state index >= 15 is 0 Å². The largest absolute Gasteiger partial charge is 0.501 e. The lowest BCUT2D eigenvalue weighted by Crippen LogP contribution is -2.13. The zero-order valence-electron chi connectivity index (χ0n) is 9.54. The molecule has 4 heteroatoms. The predicted molar refractivity (Wildman–Crippen MR) is 56.3 cm³/mol. The molecular weight excluding hydrogens is 196 g/mol. The molecule has 0 amide bonds. The number of hydrogen-bond acceptors (Lipinski definition) is 4. The van der Waals surface area contributed by atoms with Crippen molar-refractivity contribution in [3.8, 4) is 0 Å². The van der Waals surface area contributed by atoms with E-state index in [1.807, 2.05) is 13.8 Å². The minimum absolute atomic E-state index is 0.208. The third-order valence-corrected chi connectivity index (χ3v) is 1.74. The summed E-state index contributed by atoms with van der Waals surface area (Å²) in [4.78, 5) is 22.6. The molecule has 0 spiro atoms. The van der Waals surface area contributed by atoms with Gasteiger partial charge in [-0.15, -0.1) is 0 Å². The maximum atomic E-state index is 11.5. The van der Waals surface area contributed by atoms with E-state index in [1.54, 1.807) is 6.92 Å². The van der Waals surface area contributed by atoms with Gasteiger partial charge in [-0.05, 0) is 20.3 Å². The molecule has 0 rings (SSSR count). The summed E-state index contributed by atoms with van der Waals surface area (Å²) in [6.45, 7) is 6.19. The third-order valence-electron chi connectivity index (χ3n) is 1.74. The van der Waals surface area contributed by atoms with Crippen LogP contribution in [-0.4, -0.2) is 25.0 Å².